The minimum absolute atomic E-state index is 0.181. The number of hydrogen-bond acceptors (Lipinski definition) is 6. The van der Waals surface area contributed by atoms with Gasteiger partial charge in [-0.2, -0.15) is 5.10 Å². The summed E-state index contributed by atoms with van der Waals surface area (Å²) in [5.74, 6) is -0.181. The summed E-state index contributed by atoms with van der Waals surface area (Å²) in [7, 11) is 0. The van der Waals surface area contributed by atoms with E-state index in [1.807, 2.05) is 12.1 Å². The topological polar surface area (TPSA) is 93.8 Å². The van der Waals surface area contributed by atoms with Crippen LogP contribution in [0.25, 0.3) is 10.2 Å². The van der Waals surface area contributed by atoms with Crippen molar-refractivity contribution in [3.8, 4) is 0 Å². The van der Waals surface area contributed by atoms with Crippen molar-refractivity contribution < 1.29 is 4.79 Å². The zero-order valence-electron chi connectivity index (χ0n) is 11.1. The molecule has 6 nitrogen and oxygen atoms in total. The maximum atomic E-state index is 12.2. The van der Waals surface area contributed by atoms with E-state index in [2.05, 4.69) is 20.5 Å². The Labute approximate surface area is 125 Å². The van der Waals surface area contributed by atoms with Gasteiger partial charge in [0.1, 0.15) is 9.71 Å². The van der Waals surface area contributed by atoms with Gasteiger partial charge in [-0.25, -0.2) is 0 Å². The van der Waals surface area contributed by atoms with Gasteiger partial charge in [0, 0.05) is 24.3 Å². The van der Waals surface area contributed by atoms with Crippen LogP contribution in [-0.4, -0.2) is 27.6 Å². The molecule has 0 bridgehead atoms. The van der Waals surface area contributed by atoms with Crippen LogP contribution in [0.5, 0.6) is 0 Å². The van der Waals surface area contributed by atoms with Gasteiger partial charge in [0.15, 0.2) is 0 Å². The number of nitrogens with one attached hydrogen (secondary N) is 1. The molecule has 106 valence electrons. The van der Waals surface area contributed by atoms with Gasteiger partial charge in [0.2, 0.25) is 0 Å². The molecule has 0 unspecified atom stereocenters. The van der Waals surface area contributed by atoms with Crippen LogP contribution in [0.2, 0.25) is 0 Å². The number of thiophene rings is 1. The lowest BCUT2D eigenvalue weighted by molar-refractivity contribution is 0.0959. The average Bonchev–Trinajstić information content (AvgIpc) is 2.86. The van der Waals surface area contributed by atoms with Crippen LogP contribution < -0.4 is 11.1 Å². The molecule has 1 amide bonds. The molecule has 0 spiro atoms. The predicted molar refractivity (Wildman–Crippen MR) is 82.1 cm³/mol. The number of nitrogen functional groups attached to an aromatic ring is 1. The van der Waals surface area contributed by atoms with E-state index in [1.165, 1.54) is 11.3 Å². The summed E-state index contributed by atoms with van der Waals surface area (Å²) in [6, 6.07) is 5.61. The molecule has 0 aliphatic heterocycles. The number of carbonyl (C=O) groups excluding carboxylic acids is 1. The highest BCUT2D eigenvalue weighted by Crippen LogP contribution is 2.31. The number of anilines is 1. The lowest BCUT2D eigenvalue weighted by atomic mass is 10.2. The normalized spacial score (nSPS) is 10.7. The molecule has 0 atom stereocenters. The molecule has 0 saturated heterocycles. The molecule has 3 N–H and O–H groups in total. The van der Waals surface area contributed by atoms with E-state index in [-0.39, 0.29) is 5.91 Å². The third-order valence-corrected chi connectivity index (χ3v) is 4.15. The zero-order valence-corrected chi connectivity index (χ0v) is 11.9. The Morgan fingerprint density at radius 3 is 3.00 bits per heavy atom. The number of carbonyl (C=O) groups is 1. The Morgan fingerprint density at radius 2 is 2.24 bits per heavy atom. The maximum Gasteiger partial charge on any atom is 0.263 e. The smallest absolute Gasteiger partial charge is 0.263 e. The summed E-state index contributed by atoms with van der Waals surface area (Å²) in [5, 5.41) is 11.4. The van der Waals surface area contributed by atoms with Crippen molar-refractivity contribution in [2.45, 2.75) is 6.42 Å². The van der Waals surface area contributed by atoms with Crippen molar-refractivity contribution in [3.63, 3.8) is 0 Å². The maximum absolute atomic E-state index is 12.2. The van der Waals surface area contributed by atoms with Crippen molar-refractivity contribution in [3.05, 3.63) is 47.2 Å². The third-order valence-electron chi connectivity index (χ3n) is 3.05. The molecule has 0 aromatic carbocycles. The predicted octanol–water partition coefficient (Wildman–Crippen LogP) is 1.64. The summed E-state index contributed by atoms with van der Waals surface area (Å²) in [6.07, 6.45) is 5.80. The molecule has 0 aliphatic rings. The van der Waals surface area contributed by atoms with Crippen LogP contribution in [-0.2, 0) is 6.42 Å². The number of pyridine rings is 1. The molecular formula is C14H13N5OS. The van der Waals surface area contributed by atoms with E-state index in [0.29, 0.717) is 21.9 Å². The van der Waals surface area contributed by atoms with E-state index in [1.54, 1.807) is 24.7 Å². The summed E-state index contributed by atoms with van der Waals surface area (Å²) in [4.78, 5) is 17.4. The van der Waals surface area contributed by atoms with Gasteiger partial charge >= 0.3 is 0 Å². The molecule has 3 heterocycles. The number of hydrogen-bond donors (Lipinski definition) is 2. The van der Waals surface area contributed by atoms with Crippen molar-refractivity contribution in [2.24, 2.45) is 0 Å². The van der Waals surface area contributed by atoms with E-state index >= 15 is 0 Å². The molecule has 21 heavy (non-hydrogen) atoms. The van der Waals surface area contributed by atoms with Crippen molar-refractivity contribution in [2.75, 3.05) is 12.3 Å². The third kappa shape index (κ3) is 2.82. The van der Waals surface area contributed by atoms with E-state index in [9.17, 15) is 4.79 Å². The second-order valence-corrected chi connectivity index (χ2v) is 5.46. The van der Waals surface area contributed by atoms with Crippen LogP contribution in [0.4, 0.5) is 5.69 Å². The first-order valence-corrected chi connectivity index (χ1v) is 7.24. The molecule has 0 radical (unpaired) electrons. The van der Waals surface area contributed by atoms with E-state index in [0.717, 1.165) is 17.4 Å². The standard InChI is InChI=1S/C14H13N5OS/c15-11-10-4-7-18-19-14(10)21-12(11)13(20)17-6-3-9-2-1-5-16-8-9/h1-2,4-5,7-8H,3,6,15H2,(H,17,20). The number of nitrogens with two attached hydrogens (primary N) is 1. The summed E-state index contributed by atoms with van der Waals surface area (Å²) in [5.41, 5.74) is 7.53. The van der Waals surface area contributed by atoms with E-state index in [4.69, 9.17) is 5.73 Å². The number of nitrogens with zero attached hydrogens (tertiary/aromatic N) is 3. The van der Waals surface area contributed by atoms with Gasteiger partial charge in [-0.15, -0.1) is 16.4 Å². The van der Waals surface area contributed by atoms with E-state index < -0.39 is 0 Å². The van der Waals surface area contributed by atoms with Gasteiger partial charge in [0.05, 0.1) is 11.9 Å². The van der Waals surface area contributed by atoms with Crippen molar-refractivity contribution in [1.82, 2.24) is 20.5 Å². The molecule has 3 aromatic heterocycles. The van der Waals surface area contributed by atoms with Crippen LogP contribution in [0.15, 0.2) is 36.8 Å². The minimum Gasteiger partial charge on any atom is -0.397 e. The van der Waals surface area contributed by atoms with Crippen LogP contribution >= 0.6 is 11.3 Å². The SMILES string of the molecule is Nc1c(C(=O)NCCc2cccnc2)sc2nnccc12. The largest absolute Gasteiger partial charge is 0.397 e. The number of amides is 1. The Kier molecular flexibility index (Phi) is 3.74. The highest BCUT2D eigenvalue weighted by molar-refractivity contribution is 7.21. The molecular weight excluding hydrogens is 286 g/mol. The first-order valence-electron chi connectivity index (χ1n) is 6.42. The lowest BCUT2D eigenvalue weighted by Gasteiger charge is -2.04. The summed E-state index contributed by atoms with van der Waals surface area (Å²) in [6.45, 7) is 0.532. The number of rotatable bonds is 4. The van der Waals surface area contributed by atoms with Gasteiger partial charge < -0.3 is 11.1 Å². The Hall–Kier alpha value is -2.54. The Morgan fingerprint density at radius 1 is 1.33 bits per heavy atom. The number of aromatic nitrogens is 3. The second-order valence-electron chi connectivity index (χ2n) is 4.46. The molecule has 3 rings (SSSR count). The molecule has 0 fully saturated rings. The molecule has 0 saturated carbocycles. The quantitative estimate of drug-likeness (QED) is 0.764. The van der Waals surface area contributed by atoms with Crippen LogP contribution in [0.3, 0.4) is 0 Å². The fourth-order valence-electron chi connectivity index (χ4n) is 1.99. The van der Waals surface area contributed by atoms with Gasteiger partial charge in [0.25, 0.3) is 5.91 Å². The molecule has 3 aromatic rings. The van der Waals surface area contributed by atoms with Crippen LogP contribution in [0, 0.1) is 0 Å². The summed E-state index contributed by atoms with van der Waals surface area (Å²) >= 11 is 1.26. The highest BCUT2D eigenvalue weighted by atomic mass is 32.1. The van der Waals surface area contributed by atoms with Crippen molar-refractivity contribution in [1.29, 1.82) is 0 Å². The monoisotopic (exact) mass is 299 g/mol. The first-order chi connectivity index (χ1) is 10.3. The second kappa shape index (κ2) is 5.84. The zero-order chi connectivity index (χ0) is 14.7. The van der Waals surface area contributed by atoms with Gasteiger partial charge in [-0.1, -0.05) is 6.07 Å². The van der Waals surface area contributed by atoms with Gasteiger partial charge in [-0.05, 0) is 24.1 Å². The summed E-state index contributed by atoms with van der Waals surface area (Å²) < 4.78 is 0. The minimum atomic E-state index is -0.181. The fraction of sp³-hybridized carbons (Fsp3) is 0.143. The Balaban J connectivity index is 1.68. The lowest BCUT2D eigenvalue weighted by Crippen LogP contribution is -2.25. The van der Waals surface area contributed by atoms with Crippen LogP contribution in [0.1, 0.15) is 15.2 Å². The van der Waals surface area contributed by atoms with Gasteiger partial charge in [-0.3, -0.25) is 9.78 Å². The van der Waals surface area contributed by atoms with Crippen molar-refractivity contribution >= 4 is 33.1 Å². The molecule has 7 heteroatoms. The highest BCUT2D eigenvalue weighted by Gasteiger charge is 2.16. The molecule has 0 aliphatic carbocycles. The average molecular weight is 299 g/mol. The fourth-order valence-corrected chi connectivity index (χ4v) is 2.94. The Bertz CT molecular complexity index is 771. The number of fused-ring (bicyclic) bond motifs is 1. The first kappa shape index (κ1) is 13.4.